The van der Waals surface area contributed by atoms with Crippen molar-refractivity contribution in [3.05, 3.63) is 0 Å². The molecule has 1 saturated carbocycles. The number of hydrogen-bond acceptors (Lipinski definition) is 3. The zero-order valence-electron chi connectivity index (χ0n) is 11.1. The van der Waals surface area contributed by atoms with Crippen LogP contribution in [-0.2, 0) is 9.59 Å². The number of nitrogens with two attached hydrogens (primary N) is 1. The van der Waals surface area contributed by atoms with E-state index in [2.05, 4.69) is 24.5 Å². The van der Waals surface area contributed by atoms with Gasteiger partial charge in [0, 0.05) is 24.9 Å². The molecule has 2 fully saturated rings. The normalized spacial score (nSPS) is 40.4. The maximum atomic E-state index is 12.2. The van der Waals surface area contributed by atoms with Crippen LogP contribution in [0, 0.1) is 17.8 Å². The number of carbonyl (C=O) groups excluding carboxylic acids is 2. The minimum absolute atomic E-state index is 0.00750. The standard InChI is InChI=1S/C13H23N3O2/c1-7-3-8(2)11(14)5-10(7)13(18)16-9-4-12(17)15-6-9/h7-11H,3-6,14H2,1-2H3,(H,15,17)(H,16,18). The highest BCUT2D eigenvalue weighted by Crippen LogP contribution is 2.33. The Kier molecular flexibility index (Phi) is 3.90. The molecule has 4 N–H and O–H groups in total. The van der Waals surface area contributed by atoms with Gasteiger partial charge in [-0.1, -0.05) is 13.8 Å². The predicted octanol–water partition coefficient (Wildman–Crippen LogP) is 0.000600. The van der Waals surface area contributed by atoms with Crippen LogP contribution in [0.1, 0.15) is 33.1 Å². The van der Waals surface area contributed by atoms with Crippen LogP contribution in [0.25, 0.3) is 0 Å². The summed E-state index contributed by atoms with van der Waals surface area (Å²) in [6.07, 6.45) is 2.15. The van der Waals surface area contributed by atoms with E-state index in [1.807, 2.05) is 0 Å². The molecule has 1 aliphatic heterocycles. The van der Waals surface area contributed by atoms with Crippen molar-refractivity contribution in [3.8, 4) is 0 Å². The van der Waals surface area contributed by atoms with Gasteiger partial charge in [0.05, 0.1) is 6.04 Å². The van der Waals surface area contributed by atoms with Crippen LogP contribution in [-0.4, -0.2) is 30.4 Å². The second-order valence-corrected chi connectivity index (χ2v) is 5.91. The summed E-state index contributed by atoms with van der Waals surface area (Å²) in [5, 5.41) is 5.69. The fraction of sp³-hybridized carbons (Fsp3) is 0.846. The Morgan fingerprint density at radius 1 is 1.33 bits per heavy atom. The zero-order valence-corrected chi connectivity index (χ0v) is 11.1. The van der Waals surface area contributed by atoms with Gasteiger partial charge in [0.15, 0.2) is 0 Å². The lowest BCUT2D eigenvalue weighted by atomic mass is 9.72. The quantitative estimate of drug-likeness (QED) is 0.647. The summed E-state index contributed by atoms with van der Waals surface area (Å²) in [5.41, 5.74) is 6.05. The Morgan fingerprint density at radius 2 is 2.06 bits per heavy atom. The highest BCUT2D eigenvalue weighted by atomic mass is 16.2. The molecular formula is C13H23N3O2. The molecule has 0 radical (unpaired) electrons. The molecule has 5 nitrogen and oxygen atoms in total. The van der Waals surface area contributed by atoms with Crippen molar-refractivity contribution >= 4 is 11.8 Å². The first-order chi connectivity index (χ1) is 8.47. The molecule has 1 heterocycles. The SMILES string of the molecule is CC1CC(C)C(C(=O)NC2CNC(=O)C2)CC1N. The lowest BCUT2D eigenvalue weighted by Gasteiger charge is -2.36. The van der Waals surface area contributed by atoms with Gasteiger partial charge in [-0.05, 0) is 24.7 Å². The monoisotopic (exact) mass is 253 g/mol. The second kappa shape index (κ2) is 5.26. The largest absolute Gasteiger partial charge is 0.354 e. The first-order valence-corrected chi connectivity index (χ1v) is 6.80. The van der Waals surface area contributed by atoms with Gasteiger partial charge in [-0.2, -0.15) is 0 Å². The molecule has 18 heavy (non-hydrogen) atoms. The van der Waals surface area contributed by atoms with Crippen LogP contribution >= 0.6 is 0 Å². The fourth-order valence-electron chi connectivity index (χ4n) is 3.06. The van der Waals surface area contributed by atoms with Crippen molar-refractivity contribution in [1.29, 1.82) is 0 Å². The van der Waals surface area contributed by atoms with E-state index in [4.69, 9.17) is 5.73 Å². The average Bonchev–Trinajstić information content (AvgIpc) is 2.69. The number of hydrogen-bond donors (Lipinski definition) is 3. The molecule has 102 valence electrons. The molecule has 0 aromatic carbocycles. The number of rotatable bonds is 2. The average molecular weight is 253 g/mol. The van der Waals surface area contributed by atoms with E-state index >= 15 is 0 Å². The third-order valence-electron chi connectivity index (χ3n) is 4.35. The summed E-state index contributed by atoms with van der Waals surface area (Å²) in [7, 11) is 0. The van der Waals surface area contributed by atoms with Crippen molar-refractivity contribution in [2.24, 2.45) is 23.5 Å². The molecule has 0 aromatic heterocycles. The van der Waals surface area contributed by atoms with Crippen LogP contribution in [0.15, 0.2) is 0 Å². The van der Waals surface area contributed by atoms with Gasteiger partial charge < -0.3 is 16.4 Å². The highest BCUT2D eigenvalue weighted by Gasteiger charge is 2.36. The lowest BCUT2D eigenvalue weighted by molar-refractivity contribution is -0.128. The maximum absolute atomic E-state index is 12.2. The summed E-state index contributed by atoms with van der Waals surface area (Å²) < 4.78 is 0. The van der Waals surface area contributed by atoms with Crippen molar-refractivity contribution in [1.82, 2.24) is 10.6 Å². The second-order valence-electron chi connectivity index (χ2n) is 5.91. The molecule has 2 aliphatic rings. The van der Waals surface area contributed by atoms with E-state index in [0.717, 1.165) is 12.8 Å². The first-order valence-electron chi connectivity index (χ1n) is 6.80. The lowest BCUT2D eigenvalue weighted by Crippen LogP contribution is -2.47. The molecule has 0 aromatic rings. The third kappa shape index (κ3) is 2.83. The van der Waals surface area contributed by atoms with Crippen molar-refractivity contribution in [2.75, 3.05) is 6.54 Å². The Morgan fingerprint density at radius 3 is 2.67 bits per heavy atom. The summed E-state index contributed by atoms with van der Waals surface area (Å²) in [6.45, 7) is 4.81. The summed E-state index contributed by atoms with van der Waals surface area (Å²) in [5.74, 6) is 0.921. The Balaban J connectivity index is 1.90. The molecule has 2 amide bonds. The minimum atomic E-state index is -0.0484. The van der Waals surface area contributed by atoms with E-state index in [1.165, 1.54) is 0 Å². The molecule has 0 spiro atoms. The van der Waals surface area contributed by atoms with E-state index in [1.54, 1.807) is 0 Å². The fourth-order valence-corrected chi connectivity index (χ4v) is 3.06. The van der Waals surface area contributed by atoms with Crippen LogP contribution in [0.3, 0.4) is 0 Å². The topological polar surface area (TPSA) is 84.2 Å². The van der Waals surface area contributed by atoms with Crippen LogP contribution in [0.4, 0.5) is 0 Å². The minimum Gasteiger partial charge on any atom is -0.354 e. The highest BCUT2D eigenvalue weighted by molar-refractivity contribution is 5.83. The molecule has 5 atom stereocenters. The van der Waals surface area contributed by atoms with Crippen molar-refractivity contribution < 1.29 is 9.59 Å². The van der Waals surface area contributed by atoms with E-state index < -0.39 is 0 Å². The van der Waals surface area contributed by atoms with Crippen molar-refractivity contribution in [3.63, 3.8) is 0 Å². The molecule has 2 rings (SSSR count). The molecular weight excluding hydrogens is 230 g/mol. The Hall–Kier alpha value is -1.10. The van der Waals surface area contributed by atoms with Crippen LogP contribution in [0.5, 0.6) is 0 Å². The molecule has 1 saturated heterocycles. The molecule has 5 heteroatoms. The van der Waals surface area contributed by atoms with Gasteiger partial charge in [0.1, 0.15) is 0 Å². The molecule has 1 aliphatic carbocycles. The third-order valence-corrected chi connectivity index (χ3v) is 4.35. The van der Waals surface area contributed by atoms with E-state index in [9.17, 15) is 9.59 Å². The van der Waals surface area contributed by atoms with Crippen molar-refractivity contribution in [2.45, 2.75) is 45.2 Å². The molecule has 0 bridgehead atoms. The number of nitrogens with one attached hydrogen (secondary N) is 2. The number of amides is 2. The summed E-state index contributed by atoms with van der Waals surface area (Å²) in [6, 6.07) is 0.0630. The van der Waals surface area contributed by atoms with Gasteiger partial charge in [-0.3, -0.25) is 9.59 Å². The van der Waals surface area contributed by atoms with Gasteiger partial charge in [0.2, 0.25) is 11.8 Å². The smallest absolute Gasteiger partial charge is 0.223 e. The van der Waals surface area contributed by atoms with Gasteiger partial charge in [0.25, 0.3) is 0 Å². The van der Waals surface area contributed by atoms with Crippen LogP contribution in [0.2, 0.25) is 0 Å². The van der Waals surface area contributed by atoms with Gasteiger partial charge >= 0.3 is 0 Å². The Labute approximate surface area is 108 Å². The summed E-state index contributed by atoms with van der Waals surface area (Å²) in [4.78, 5) is 23.3. The van der Waals surface area contributed by atoms with Gasteiger partial charge in [-0.15, -0.1) is 0 Å². The van der Waals surface area contributed by atoms with E-state index in [-0.39, 0.29) is 29.8 Å². The first kappa shape index (κ1) is 13.3. The predicted molar refractivity (Wildman–Crippen MR) is 68.6 cm³/mol. The van der Waals surface area contributed by atoms with Crippen LogP contribution < -0.4 is 16.4 Å². The maximum Gasteiger partial charge on any atom is 0.223 e. The van der Waals surface area contributed by atoms with E-state index in [0.29, 0.717) is 24.8 Å². The number of carbonyl (C=O) groups is 2. The Bertz CT molecular complexity index is 345. The van der Waals surface area contributed by atoms with Gasteiger partial charge in [-0.25, -0.2) is 0 Å². The molecule has 5 unspecified atom stereocenters. The zero-order chi connectivity index (χ0) is 13.3. The summed E-state index contributed by atoms with van der Waals surface area (Å²) >= 11 is 0.